The van der Waals surface area contributed by atoms with Crippen molar-refractivity contribution in [1.82, 2.24) is 14.7 Å². The van der Waals surface area contributed by atoms with Crippen molar-refractivity contribution < 1.29 is 13.2 Å². The summed E-state index contributed by atoms with van der Waals surface area (Å²) in [5.74, 6) is 3.12. The lowest BCUT2D eigenvalue weighted by molar-refractivity contribution is 0.356. The fraction of sp³-hybridized carbons (Fsp3) is 0.500. The Labute approximate surface area is 171 Å². The van der Waals surface area contributed by atoms with Crippen LogP contribution in [0.2, 0.25) is 0 Å². The third-order valence-electron chi connectivity index (χ3n) is 5.20. The monoisotopic (exact) mass is 417 g/mol. The summed E-state index contributed by atoms with van der Waals surface area (Å²) in [4.78, 5) is 11.5. The quantitative estimate of drug-likeness (QED) is 0.666. The SMILES string of the molecule is Cc1nc(NCCNS(=O)(=O)c2ccc3c(c2)CCO3)cc(N2CCCCC2)n1. The fourth-order valence-corrected chi connectivity index (χ4v) is 4.80. The van der Waals surface area contributed by atoms with Crippen LogP contribution in [0.4, 0.5) is 11.6 Å². The molecule has 8 nitrogen and oxygen atoms in total. The largest absolute Gasteiger partial charge is 0.493 e. The predicted molar refractivity (Wildman–Crippen MR) is 112 cm³/mol. The number of nitrogens with zero attached hydrogens (tertiary/aromatic N) is 3. The van der Waals surface area contributed by atoms with Crippen LogP contribution in [0, 0.1) is 6.92 Å². The van der Waals surface area contributed by atoms with Crippen molar-refractivity contribution in [2.45, 2.75) is 37.5 Å². The van der Waals surface area contributed by atoms with Gasteiger partial charge in [0.05, 0.1) is 11.5 Å². The molecule has 156 valence electrons. The first kappa shape index (κ1) is 19.9. The normalized spacial score (nSPS) is 16.4. The molecule has 2 aliphatic heterocycles. The standard InChI is InChI=1S/C20H27N5O3S/c1-15-23-19(14-20(24-15)25-10-3-2-4-11-25)21-8-9-22-29(26,27)17-5-6-18-16(13-17)7-12-28-18/h5-6,13-14,22H,2-4,7-12H2,1H3,(H,21,23,24). The van der Waals surface area contributed by atoms with E-state index in [1.54, 1.807) is 18.2 Å². The van der Waals surface area contributed by atoms with E-state index in [2.05, 4.69) is 24.9 Å². The molecule has 0 spiro atoms. The molecule has 0 unspecified atom stereocenters. The predicted octanol–water partition coefficient (Wildman–Crippen LogP) is 2.10. The molecule has 1 fully saturated rings. The van der Waals surface area contributed by atoms with Gasteiger partial charge in [0.25, 0.3) is 0 Å². The Bertz CT molecular complexity index is 974. The van der Waals surface area contributed by atoms with E-state index in [-0.39, 0.29) is 11.4 Å². The van der Waals surface area contributed by atoms with E-state index in [0.717, 1.165) is 36.6 Å². The summed E-state index contributed by atoms with van der Waals surface area (Å²) in [5.41, 5.74) is 0.938. The number of fused-ring (bicyclic) bond motifs is 1. The second kappa shape index (κ2) is 8.54. The lowest BCUT2D eigenvalue weighted by atomic mass is 10.1. The third kappa shape index (κ3) is 4.79. The van der Waals surface area contributed by atoms with Gasteiger partial charge in [-0.25, -0.2) is 23.1 Å². The summed E-state index contributed by atoms with van der Waals surface area (Å²) >= 11 is 0. The Morgan fingerprint density at radius 1 is 1.10 bits per heavy atom. The van der Waals surface area contributed by atoms with Gasteiger partial charge < -0.3 is 15.0 Å². The highest BCUT2D eigenvalue weighted by molar-refractivity contribution is 7.89. The molecule has 9 heteroatoms. The molecule has 4 rings (SSSR count). The third-order valence-corrected chi connectivity index (χ3v) is 6.66. The van der Waals surface area contributed by atoms with Crippen molar-refractivity contribution in [1.29, 1.82) is 0 Å². The molecular formula is C20H27N5O3S. The van der Waals surface area contributed by atoms with E-state index in [0.29, 0.717) is 24.8 Å². The molecule has 0 amide bonds. The van der Waals surface area contributed by atoms with Crippen molar-refractivity contribution in [2.75, 3.05) is 43.0 Å². The zero-order valence-electron chi connectivity index (χ0n) is 16.6. The maximum atomic E-state index is 12.5. The molecule has 0 saturated carbocycles. The number of rotatable bonds is 7. The Morgan fingerprint density at radius 3 is 2.76 bits per heavy atom. The lowest BCUT2D eigenvalue weighted by Gasteiger charge is -2.28. The molecule has 1 saturated heterocycles. The minimum absolute atomic E-state index is 0.262. The molecule has 1 aromatic carbocycles. The molecule has 2 N–H and O–H groups in total. The van der Waals surface area contributed by atoms with E-state index in [1.165, 1.54) is 19.3 Å². The summed E-state index contributed by atoms with van der Waals surface area (Å²) in [7, 11) is -3.56. The number of aromatic nitrogens is 2. The molecule has 0 atom stereocenters. The van der Waals surface area contributed by atoms with Gasteiger partial charge in [-0.2, -0.15) is 0 Å². The van der Waals surface area contributed by atoms with Gasteiger partial charge in [0, 0.05) is 38.7 Å². The fourth-order valence-electron chi connectivity index (χ4n) is 3.72. The average Bonchev–Trinajstić information content (AvgIpc) is 3.19. The number of aryl methyl sites for hydroxylation is 1. The Morgan fingerprint density at radius 2 is 1.93 bits per heavy atom. The molecule has 2 aliphatic rings. The summed E-state index contributed by atoms with van der Waals surface area (Å²) in [5, 5.41) is 3.21. The first-order valence-electron chi connectivity index (χ1n) is 10.1. The van der Waals surface area contributed by atoms with E-state index < -0.39 is 10.0 Å². The smallest absolute Gasteiger partial charge is 0.240 e. The van der Waals surface area contributed by atoms with Crippen molar-refractivity contribution >= 4 is 21.7 Å². The van der Waals surface area contributed by atoms with Crippen LogP contribution in [-0.2, 0) is 16.4 Å². The van der Waals surface area contributed by atoms with Gasteiger partial charge in [0.1, 0.15) is 23.2 Å². The van der Waals surface area contributed by atoms with Crippen LogP contribution in [0.25, 0.3) is 0 Å². The molecule has 0 radical (unpaired) electrons. The number of hydrogen-bond donors (Lipinski definition) is 2. The molecule has 3 heterocycles. The van der Waals surface area contributed by atoms with Gasteiger partial charge in [-0.1, -0.05) is 0 Å². The highest BCUT2D eigenvalue weighted by Gasteiger charge is 2.19. The molecular weight excluding hydrogens is 390 g/mol. The summed E-state index contributed by atoms with van der Waals surface area (Å²) in [6, 6.07) is 6.93. The van der Waals surface area contributed by atoms with Crippen LogP contribution in [-0.4, -0.2) is 51.2 Å². The van der Waals surface area contributed by atoms with Crippen molar-refractivity contribution in [3.63, 3.8) is 0 Å². The minimum Gasteiger partial charge on any atom is -0.493 e. The second-order valence-corrected chi connectivity index (χ2v) is 9.17. The first-order chi connectivity index (χ1) is 14.0. The minimum atomic E-state index is -3.56. The average molecular weight is 418 g/mol. The zero-order chi connectivity index (χ0) is 20.3. The highest BCUT2D eigenvalue weighted by atomic mass is 32.2. The van der Waals surface area contributed by atoms with Gasteiger partial charge in [0.2, 0.25) is 10.0 Å². The lowest BCUT2D eigenvalue weighted by Crippen LogP contribution is -2.31. The van der Waals surface area contributed by atoms with E-state index in [9.17, 15) is 8.42 Å². The van der Waals surface area contributed by atoms with Crippen LogP contribution >= 0.6 is 0 Å². The first-order valence-corrected chi connectivity index (χ1v) is 11.6. The molecule has 1 aromatic heterocycles. The summed E-state index contributed by atoms with van der Waals surface area (Å²) in [6.07, 6.45) is 4.38. The topological polar surface area (TPSA) is 96.5 Å². The van der Waals surface area contributed by atoms with Gasteiger partial charge in [-0.3, -0.25) is 0 Å². The molecule has 0 aliphatic carbocycles. The van der Waals surface area contributed by atoms with Gasteiger partial charge in [-0.05, 0) is 49.9 Å². The van der Waals surface area contributed by atoms with Crippen LogP contribution in [0.15, 0.2) is 29.2 Å². The van der Waals surface area contributed by atoms with Gasteiger partial charge in [0.15, 0.2) is 0 Å². The number of sulfonamides is 1. The molecule has 2 aromatic rings. The summed E-state index contributed by atoms with van der Waals surface area (Å²) < 4.78 is 33.2. The van der Waals surface area contributed by atoms with Crippen molar-refractivity contribution in [3.05, 3.63) is 35.7 Å². The van der Waals surface area contributed by atoms with Crippen molar-refractivity contribution in [2.24, 2.45) is 0 Å². The van der Waals surface area contributed by atoms with E-state index >= 15 is 0 Å². The van der Waals surface area contributed by atoms with Crippen LogP contribution < -0.4 is 19.7 Å². The van der Waals surface area contributed by atoms with E-state index in [4.69, 9.17) is 4.74 Å². The number of ether oxygens (including phenoxy) is 1. The second-order valence-electron chi connectivity index (χ2n) is 7.40. The van der Waals surface area contributed by atoms with Crippen molar-refractivity contribution in [3.8, 4) is 5.75 Å². The highest BCUT2D eigenvalue weighted by Crippen LogP contribution is 2.27. The van der Waals surface area contributed by atoms with E-state index in [1.807, 2.05) is 13.0 Å². The zero-order valence-corrected chi connectivity index (χ0v) is 17.5. The Hall–Kier alpha value is -2.39. The number of anilines is 2. The van der Waals surface area contributed by atoms with Gasteiger partial charge in [-0.15, -0.1) is 0 Å². The van der Waals surface area contributed by atoms with Crippen LogP contribution in [0.5, 0.6) is 5.75 Å². The number of nitrogens with one attached hydrogen (secondary N) is 2. The van der Waals surface area contributed by atoms with Crippen LogP contribution in [0.3, 0.4) is 0 Å². The number of piperidine rings is 1. The number of benzene rings is 1. The molecule has 29 heavy (non-hydrogen) atoms. The maximum absolute atomic E-state index is 12.5. The maximum Gasteiger partial charge on any atom is 0.240 e. The van der Waals surface area contributed by atoms with Gasteiger partial charge >= 0.3 is 0 Å². The molecule has 0 bridgehead atoms. The Balaban J connectivity index is 1.33. The summed E-state index contributed by atoms with van der Waals surface area (Å²) in [6.45, 7) is 5.21. The number of hydrogen-bond acceptors (Lipinski definition) is 7. The Kier molecular flexibility index (Phi) is 5.86. The van der Waals surface area contributed by atoms with Crippen LogP contribution in [0.1, 0.15) is 30.7 Å².